The average molecular weight is 326 g/mol. The van der Waals surface area contributed by atoms with Crippen LogP contribution in [0.15, 0.2) is 42.7 Å². The van der Waals surface area contributed by atoms with Crippen molar-refractivity contribution < 1.29 is 18.3 Å². The Hall–Kier alpha value is -2.46. The zero-order chi connectivity index (χ0) is 16.2. The molecule has 1 aromatic heterocycles. The van der Waals surface area contributed by atoms with E-state index in [0.29, 0.717) is 0 Å². The highest BCUT2D eigenvalue weighted by Crippen LogP contribution is 2.28. The summed E-state index contributed by atoms with van der Waals surface area (Å²) in [6, 6.07) is 8.82. The molecule has 8 heteroatoms. The molecular weight excluding hydrogens is 316 g/mol. The molecule has 0 spiro atoms. The maximum Gasteiger partial charge on any atom is 0.487 e. The Labute approximate surface area is 129 Å². The van der Waals surface area contributed by atoms with E-state index < -0.39 is 17.3 Å². The quantitative estimate of drug-likeness (QED) is 0.766. The maximum absolute atomic E-state index is 12.6. The fourth-order valence-corrected chi connectivity index (χ4v) is 1.96. The Morgan fingerprint density at radius 2 is 2.27 bits per heavy atom. The number of hydrogen-bond acceptors (Lipinski definition) is 4. The number of benzene rings is 1. The molecule has 0 aliphatic heterocycles. The fourth-order valence-electron chi connectivity index (χ4n) is 1.87. The van der Waals surface area contributed by atoms with Gasteiger partial charge in [-0.25, -0.2) is 0 Å². The molecule has 0 unspecified atom stereocenters. The molecule has 1 heterocycles. The van der Waals surface area contributed by atoms with E-state index in [1.807, 2.05) is 6.07 Å². The molecule has 0 radical (unpaired) electrons. The zero-order valence-electron chi connectivity index (χ0n) is 11.1. The highest BCUT2D eigenvalue weighted by Gasteiger charge is 2.28. The van der Waals surface area contributed by atoms with Crippen molar-refractivity contribution in [2.24, 2.45) is 0 Å². The number of ketones is 1. The summed E-state index contributed by atoms with van der Waals surface area (Å²) in [6.07, 6.45) is 3.09. The molecule has 1 atom stereocenters. The molecule has 0 saturated heterocycles. The highest BCUT2D eigenvalue weighted by molar-refractivity contribution is 6.20. The van der Waals surface area contributed by atoms with Crippen molar-refractivity contribution in [3.8, 4) is 11.8 Å². The summed E-state index contributed by atoms with van der Waals surface area (Å²) in [6.45, 7) is -0.0953. The third kappa shape index (κ3) is 4.27. The lowest BCUT2D eigenvalue weighted by molar-refractivity contribution is -0.120. The van der Waals surface area contributed by atoms with Gasteiger partial charge in [0.05, 0.1) is 6.07 Å². The van der Waals surface area contributed by atoms with E-state index in [1.165, 1.54) is 35.1 Å². The topological polar surface area (TPSA) is 67.9 Å². The van der Waals surface area contributed by atoms with E-state index in [4.69, 9.17) is 11.6 Å². The van der Waals surface area contributed by atoms with Crippen LogP contribution in [0.3, 0.4) is 0 Å². The lowest BCUT2D eigenvalue weighted by Crippen LogP contribution is -2.19. The normalized spacial score (nSPS) is 12.5. The van der Waals surface area contributed by atoms with Crippen LogP contribution in [0.25, 0.3) is 0 Å². The van der Waals surface area contributed by atoms with Crippen molar-refractivity contribution in [2.75, 3.05) is 0 Å². The van der Waals surface area contributed by atoms with Gasteiger partial charge in [-0.3, -0.25) is 9.48 Å². The van der Waals surface area contributed by atoms with E-state index in [2.05, 4.69) is 9.84 Å². The third-order valence-corrected chi connectivity index (χ3v) is 2.83. The summed E-state index contributed by atoms with van der Waals surface area (Å²) in [5.74, 6) is -1.76. The van der Waals surface area contributed by atoms with Gasteiger partial charge in [0.2, 0.25) is 0 Å². The smallest absolute Gasteiger partial charge is 0.420 e. The lowest BCUT2D eigenvalue weighted by atomic mass is 9.96. The van der Waals surface area contributed by atoms with Gasteiger partial charge >= 0.3 is 5.57 Å². The molecule has 0 fully saturated rings. The van der Waals surface area contributed by atoms with Crippen LogP contribution in [-0.2, 0) is 11.3 Å². The van der Waals surface area contributed by atoms with Crippen LogP contribution < -0.4 is 4.74 Å². The molecule has 0 bridgehead atoms. The number of halogens is 3. The second-order valence-electron chi connectivity index (χ2n) is 4.35. The van der Waals surface area contributed by atoms with Crippen molar-refractivity contribution >= 4 is 17.4 Å². The summed E-state index contributed by atoms with van der Waals surface area (Å²) >= 11 is 4.69. The van der Waals surface area contributed by atoms with Gasteiger partial charge in [0.1, 0.15) is 18.2 Å². The third-order valence-electron chi connectivity index (χ3n) is 2.75. The van der Waals surface area contributed by atoms with Crippen LogP contribution in [-0.4, -0.2) is 21.1 Å². The number of hydrogen-bond donors (Lipinski definition) is 0. The van der Waals surface area contributed by atoms with Crippen molar-refractivity contribution in [2.45, 2.75) is 18.0 Å². The minimum atomic E-state index is -3.86. The van der Waals surface area contributed by atoms with Gasteiger partial charge in [-0.05, 0) is 23.8 Å². The summed E-state index contributed by atoms with van der Waals surface area (Å²) in [5.41, 5.74) is -3.61. The van der Waals surface area contributed by atoms with Gasteiger partial charge < -0.3 is 4.74 Å². The van der Waals surface area contributed by atoms with Crippen molar-refractivity contribution in [1.29, 1.82) is 5.26 Å². The van der Waals surface area contributed by atoms with E-state index in [9.17, 15) is 18.8 Å². The minimum Gasteiger partial charge on any atom is -0.420 e. The molecule has 5 nitrogen and oxygen atoms in total. The number of carbonyl (C=O) groups is 1. The monoisotopic (exact) mass is 325 g/mol. The van der Waals surface area contributed by atoms with Crippen LogP contribution in [0.2, 0.25) is 0 Å². The molecule has 22 heavy (non-hydrogen) atoms. The van der Waals surface area contributed by atoms with E-state index in [0.717, 1.165) is 0 Å². The number of rotatable bonds is 6. The summed E-state index contributed by atoms with van der Waals surface area (Å²) in [5, 5.41) is 13.1. The van der Waals surface area contributed by atoms with Gasteiger partial charge in [0.15, 0.2) is 5.78 Å². The maximum atomic E-state index is 12.6. The van der Waals surface area contributed by atoms with Crippen LogP contribution in [0.1, 0.15) is 11.5 Å². The molecule has 0 saturated carbocycles. The summed E-state index contributed by atoms with van der Waals surface area (Å²) in [4.78, 5) is 12.1. The molecule has 0 aliphatic carbocycles. The van der Waals surface area contributed by atoms with Gasteiger partial charge in [-0.1, -0.05) is 12.1 Å². The van der Waals surface area contributed by atoms with Crippen molar-refractivity contribution in [3.05, 3.63) is 48.3 Å². The molecule has 0 N–H and O–H groups in total. The Morgan fingerprint density at radius 1 is 1.50 bits per heavy atom. The van der Waals surface area contributed by atoms with Crippen LogP contribution in [0.5, 0.6) is 5.75 Å². The first-order valence-electron chi connectivity index (χ1n) is 6.14. The Bertz CT molecular complexity index is 693. The first-order valence-corrected chi connectivity index (χ1v) is 6.52. The standard InChI is InChI=1S/C14H10ClF2N3O2/c15-14(16,17)22-11-4-1-3-10(7-11)12(8-18)13(21)9-20-6-2-5-19-20/h1-7,12H,9H2/t12-/m0/s1. The molecule has 114 valence electrons. The number of carbonyl (C=O) groups excluding carboxylic acids is 1. The number of alkyl halides is 3. The SMILES string of the molecule is N#C[C@H](C(=O)Cn1cccn1)c1cccc(OC(F)(F)Cl)c1. The highest BCUT2D eigenvalue weighted by atomic mass is 35.5. The van der Waals surface area contributed by atoms with E-state index in [1.54, 1.807) is 12.3 Å². The second-order valence-corrected chi connectivity index (χ2v) is 4.79. The second kappa shape index (κ2) is 6.54. The van der Waals surface area contributed by atoms with Crippen molar-refractivity contribution in [3.63, 3.8) is 0 Å². The first-order chi connectivity index (χ1) is 10.4. The number of nitriles is 1. The molecule has 2 aromatic rings. The number of nitrogens with zero attached hydrogens (tertiary/aromatic N) is 3. The Morgan fingerprint density at radius 3 is 2.86 bits per heavy atom. The van der Waals surface area contributed by atoms with E-state index >= 15 is 0 Å². The number of aromatic nitrogens is 2. The van der Waals surface area contributed by atoms with Crippen LogP contribution >= 0.6 is 11.6 Å². The predicted molar refractivity (Wildman–Crippen MR) is 73.5 cm³/mol. The fraction of sp³-hybridized carbons (Fsp3) is 0.214. The largest absolute Gasteiger partial charge is 0.487 e. The van der Waals surface area contributed by atoms with Crippen molar-refractivity contribution in [1.82, 2.24) is 9.78 Å². The average Bonchev–Trinajstić information content (AvgIpc) is 2.91. The predicted octanol–water partition coefficient (Wildman–Crippen LogP) is 2.93. The molecular formula is C14H10ClF2N3O2. The van der Waals surface area contributed by atoms with Gasteiger partial charge in [0, 0.05) is 24.0 Å². The number of ether oxygens (including phenoxy) is 1. The van der Waals surface area contributed by atoms with Gasteiger partial charge in [0.25, 0.3) is 0 Å². The molecule has 2 rings (SSSR count). The Balaban J connectivity index is 2.19. The summed E-state index contributed by atoms with van der Waals surface area (Å²) in [7, 11) is 0. The molecule has 0 amide bonds. The minimum absolute atomic E-state index is 0.0953. The Kier molecular flexibility index (Phi) is 4.73. The van der Waals surface area contributed by atoms with Gasteiger partial charge in [-0.2, -0.15) is 10.4 Å². The van der Waals surface area contributed by atoms with Crippen LogP contribution in [0, 0.1) is 11.3 Å². The van der Waals surface area contributed by atoms with Gasteiger partial charge in [-0.15, -0.1) is 8.78 Å². The number of Topliss-reactive ketones (excluding diaryl/α,β-unsaturated/α-hetero) is 1. The first kappa shape index (κ1) is 15.9. The zero-order valence-corrected chi connectivity index (χ0v) is 11.9. The lowest BCUT2D eigenvalue weighted by Gasteiger charge is -2.13. The van der Waals surface area contributed by atoms with E-state index in [-0.39, 0.29) is 17.9 Å². The van der Waals surface area contributed by atoms with Crippen LogP contribution in [0.4, 0.5) is 8.78 Å². The molecule has 0 aliphatic rings. The summed E-state index contributed by atoms with van der Waals surface area (Å²) < 4.78 is 30.9. The molecule has 1 aromatic carbocycles.